The van der Waals surface area contributed by atoms with E-state index in [-0.39, 0.29) is 0 Å². The zero-order valence-electron chi connectivity index (χ0n) is 10.3. The van der Waals surface area contributed by atoms with Crippen LogP contribution in [0.15, 0.2) is 12.1 Å². The molecule has 0 spiro atoms. The van der Waals surface area contributed by atoms with Crippen molar-refractivity contribution >= 4 is 28.8 Å². The van der Waals surface area contributed by atoms with Gasteiger partial charge in [0.2, 0.25) is 0 Å². The Kier molecular flexibility index (Phi) is 2.83. The van der Waals surface area contributed by atoms with Crippen LogP contribution < -0.4 is 0 Å². The van der Waals surface area contributed by atoms with Crippen LogP contribution in [0.2, 0.25) is 5.02 Å². The van der Waals surface area contributed by atoms with Crippen molar-refractivity contribution in [2.24, 2.45) is 0 Å². The first kappa shape index (κ1) is 11.7. The van der Waals surface area contributed by atoms with E-state index < -0.39 is 0 Å². The van der Waals surface area contributed by atoms with Crippen molar-refractivity contribution in [2.45, 2.75) is 32.6 Å². The van der Waals surface area contributed by atoms with Crippen molar-refractivity contribution in [1.29, 1.82) is 0 Å². The van der Waals surface area contributed by atoms with E-state index in [2.05, 4.69) is 0 Å². The third-order valence-corrected chi connectivity index (χ3v) is 3.90. The van der Waals surface area contributed by atoms with Gasteiger partial charge in [-0.15, -0.1) is 0 Å². The van der Waals surface area contributed by atoms with E-state index in [9.17, 15) is 4.79 Å². The summed E-state index contributed by atoms with van der Waals surface area (Å²) in [7, 11) is 0. The first-order valence-corrected chi connectivity index (χ1v) is 6.65. The van der Waals surface area contributed by atoms with E-state index in [1.165, 1.54) is 0 Å². The smallest absolute Gasteiger partial charge is 0.151 e. The van der Waals surface area contributed by atoms with Crippen molar-refractivity contribution in [3.8, 4) is 0 Å². The van der Waals surface area contributed by atoms with Crippen LogP contribution in [-0.2, 0) is 12.8 Å². The molecule has 1 heterocycles. The Hall–Kier alpha value is -1.41. The SMILES string of the molecule is Cc1cc(Cl)cc2c(C=O)c3c(nc12)CCCC3. The first-order valence-electron chi connectivity index (χ1n) is 6.27. The molecule has 3 heteroatoms. The average molecular weight is 260 g/mol. The molecule has 1 aliphatic carbocycles. The van der Waals surface area contributed by atoms with Gasteiger partial charge >= 0.3 is 0 Å². The summed E-state index contributed by atoms with van der Waals surface area (Å²) >= 11 is 6.09. The number of benzene rings is 1. The molecule has 0 unspecified atom stereocenters. The third-order valence-electron chi connectivity index (χ3n) is 3.68. The van der Waals surface area contributed by atoms with Gasteiger partial charge in [0.05, 0.1) is 5.52 Å². The molecule has 0 amide bonds. The Morgan fingerprint density at radius 3 is 2.83 bits per heavy atom. The second-order valence-electron chi connectivity index (χ2n) is 4.89. The number of fused-ring (bicyclic) bond motifs is 2. The molecule has 3 rings (SSSR count). The molecule has 0 bridgehead atoms. The Labute approximate surface area is 111 Å². The number of aldehydes is 1. The van der Waals surface area contributed by atoms with Gasteiger partial charge in [-0.3, -0.25) is 9.78 Å². The van der Waals surface area contributed by atoms with Gasteiger partial charge in [-0.2, -0.15) is 0 Å². The van der Waals surface area contributed by atoms with Gasteiger partial charge < -0.3 is 0 Å². The molecular formula is C15H14ClNO. The topological polar surface area (TPSA) is 30.0 Å². The number of aryl methyl sites for hydroxylation is 2. The van der Waals surface area contributed by atoms with Gasteiger partial charge in [0.1, 0.15) is 0 Å². The highest BCUT2D eigenvalue weighted by Gasteiger charge is 2.18. The molecule has 0 fully saturated rings. The van der Waals surface area contributed by atoms with E-state index in [0.717, 1.165) is 65.3 Å². The minimum atomic E-state index is 0.667. The summed E-state index contributed by atoms with van der Waals surface area (Å²) in [4.78, 5) is 16.2. The summed E-state index contributed by atoms with van der Waals surface area (Å²) in [5.74, 6) is 0. The van der Waals surface area contributed by atoms with Crippen molar-refractivity contribution in [3.63, 3.8) is 0 Å². The predicted octanol–water partition coefficient (Wildman–Crippen LogP) is 3.89. The number of aromatic nitrogens is 1. The molecule has 0 aliphatic heterocycles. The maximum absolute atomic E-state index is 11.4. The van der Waals surface area contributed by atoms with Crippen molar-refractivity contribution in [2.75, 3.05) is 0 Å². The standard InChI is InChI=1S/C15H14ClNO/c1-9-6-10(16)7-12-13(8-18)11-4-2-3-5-14(11)17-15(9)12/h6-8H,2-5H2,1H3. The summed E-state index contributed by atoms with van der Waals surface area (Å²) in [6, 6.07) is 3.76. The van der Waals surface area contributed by atoms with E-state index in [1.807, 2.05) is 19.1 Å². The van der Waals surface area contributed by atoms with E-state index >= 15 is 0 Å². The summed E-state index contributed by atoms with van der Waals surface area (Å²) in [5, 5.41) is 1.57. The highest BCUT2D eigenvalue weighted by Crippen LogP contribution is 2.31. The van der Waals surface area contributed by atoms with Crippen molar-refractivity contribution < 1.29 is 4.79 Å². The molecule has 0 atom stereocenters. The van der Waals surface area contributed by atoms with Gasteiger partial charge in [-0.1, -0.05) is 11.6 Å². The predicted molar refractivity (Wildman–Crippen MR) is 73.5 cm³/mol. The molecule has 1 aromatic carbocycles. The van der Waals surface area contributed by atoms with Crippen LogP contribution in [0.25, 0.3) is 10.9 Å². The van der Waals surface area contributed by atoms with Crippen LogP contribution in [0.5, 0.6) is 0 Å². The van der Waals surface area contributed by atoms with Crippen LogP contribution in [-0.4, -0.2) is 11.3 Å². The largest absolute Gasteiger partial charge is 0.298 e. The summed E-state index contributed by atoms with van der Waals surface area (Å²) < 4.78 is 0. The zero-order valence-corrected chi connectivity index (χ0v) is 11.0. The van der Waals surface area contributed by atoms with E-state index in [0.29, 0.717) is 5.02 Å². The molecule has 0 N–H and O–H groups in total. The molecule has 1 aliphatic rings. The Balaban J connectivity index is 2.44. The van der Waals surface area contributed by atoms with Crippen molar-refractivity contribution in [1.82, 2.24) is 4.98 Å². The second kappa shape index (κ2) is 4.36. The van der Waals surface area contributed by atoms with Gasteiger partial charge in [0.25, 0.3) is 0 Å². The summed E-state index contributed by atoms with van der Waals surface area (Å²) in [6.07, 6.45) is 5.20. The highest BCUT2D eigenvalue weighted by atomic mass is 35.5. The summed E-state index contributed by atoms with van der Waals surface area (Å²) in [5.41, 5.74) is 4.98. The lowest BCUT2D eigenvalue weighted by atomic mass is 9.90. The lowest BCUT2D eigenvalue weighted by Crippen LogP contribution is -2.10. The molecular weight excluding hydrogens is 246 g/mol. The first-order chi connectivity index (χ1) is 8.70. The molecule has 0 radical (unpaired) electrons. The fraction of sp³-hybridized carbons (Fsp3) is 0.333. The van der Waals surface area contributed by atoms with Crippen LogP contribution in [0.3, 0.4) is 0 Å². The molecule has 92 valence electrons. The average Bonchev–Trinajstić information content (AvgIpc) is 2.36. The fourth-order valence-electron chi connectivity index (χ4n) is 2.82. The number of rotatable bonds is 1. The quantitative estimate of drug-likeness (QED) is 0.728. The normalized spacial score (nSPS) is 14.6. The van der Waals surface area contributed by atoms with Gasteiger partial charge in [-0.25, -0.2) is 0 Å². The van der Waals surface area contributed by atoms with Crippen LogP contribution in [0, 0.1) is 6.92 Å². The second-order valence-corrected chi connectivity index (χ2v) is 5.33. The fourth-order valence-corrected chi connectivity index (χ4v) is 3.10. The molecule has 1 aromatic heterocycles. The Morgan fingerprint density at radius 1 is 1.28 bits per heavy atom. The maximum atomic E-state index is 11.4. The van der Waals surface area contributed by atoms with Crippen LogP contribution in [0.1, 0.15) is 40.0 Å². The molecule has 2 nitrogen and oxygen atoms in total. The lowest BCUT2D eigenvalue weighted by molar-refractivity contribution is 0.112. The molecule has 18 heavy (non-hydrogen) atoms. The number of carbonyl (C=O) groups is 1. The monoisotopic (exact) mass is 259 g/mol. The molecule has 0 saturated heterocycles. The van der Waals surface area contributed by atoms with Gasteiger partial charge in [0, 0.05) is 21.7 Å². The Morgan fingerprint density at radius 2 is 2.06 bits per heavy atom. The van der Waals surface area contributed by atoms with Gasteiger partial charge in [-0.05, 0) is 55.9 Å². The van der Waals surface area contributed by atoms with Crippen LogP contribution >= 0.6 is 11.6 Å². The number of hydrogen-bond donors (Lipinski definition) is 0. The molecule has 2 aromatic rings. The minimum absolute atomic E-state index is 0.667. The Bertz CT molecular complexity index is 649. The number of carbonyl (C=O) groups excluding carboxylic acids is 1. The van der Waals surface area contributed by atoms with Crippen molar-refractivity contribution in [3.05, 3.63) is 39.5 Å². The number of hydrogen-bond acceptors (Lipinski definition) is 2. The number of halogens is 1. The van der Waals surface area contributed by atoms with E-state index in [4.69, 9.17) is 16.6 Å². The van der Waals surface area contributed by atoms with Crippen LogP contribution in [0.4, 0.5) is 0 Å². The number of pyridine rings is 1. The van der Waals surface area contributed by atoms with Gasteiger partial charge in [0.15, 0.2) is 6.29 Å². The number of nitrogens with zero attached hydrogens (tertiary/aromatic N) is 1. The molecule has 0 saturated carbocycles. The summed E-state index contributed by atoms with van der Waals surface area (Å²) in [6.45, 7) is 1.99. The minimum Gasteiger partial charge on any atom is -0.298 e. The van der Waals surface area contributed by atoms with E-state index in [1.54, 1.807) is 0 Å². The highest BCUT2D eigenvalue weighted by molar-refractivity contribution is 6.31. The lowest BCUT2D eigenvalue weighted by Gasteiger charge is -2.19. The zero-order chi connectivity index (χ0) is 12.7. The maximum Gasteiger partial charge on any atom is 0.151 e. The third kappa shape index (κ3) is 1.72.